The van der Waals surface area contributed by atoms with Crippen LogP contribution in [0.4, 0.5) is 4.39 Å². The minimum atomic E-state index is -0.410. The maximum absolute atomic E-state index is 12.9. The molecule has 1 aromatic carbocycles. The summed E-state index contributed by atoms with van der Waals surface area (Å²) in [6.45, 7) is 2.35. The van der Waals surface area contributed by atoms with Crippen molar-refractivity contribution in [1.29, 1.82) is 0 Å². The van der Waals surface area contributed by atoms with Crippen LogP contribution >= 0.6 is 0 Å². The first kappa shape index (κ1) is 12.3. The Balaban J connectivity index is 1.85. The van der Waals surface area contributed by atoms with Gasteiger partial charge in [-0.3, -0.25) is 4.79 Å². The number of rotatable bonds is 4. The number of hydrogen-bond donors (Lipinski definition) is 2. The second-order valence-corrected chi connectivity index (χ2v) is 4.01. The van der Waals surface area contributed by atoms with Crippen molar-refractivity contribution in [2.24, 2.45) is 0 Å². The molecule has 0 atom stereocenters. The van der Waals surface area contributed by atoms with Crippen molar-refractivity contribution in [3.05, 3.63) is 53.4 Å². The third kappa shape index (κ3) is 3.16. The van der Waals surface area contributed by atoms with Crippen molar-refractivity contribution < 1.29 is 9.18 Å². The van der Waals surface area contributed by atoms with E-state index in [4.69, 9.17) is 0 Å². The van der Waals surface area contributed by atoms with Crippen LogP contribution in [-0.4, -0.2) is 22.4 Å². The highest BCUT2D eigenvalue weighted by Gasteiger charge is 2.05. The van der Waals surface area contributed by atoms with E-state index in [-0.39, 0.29) is 5.91 Å². The minimum Gasteiger partial charge on any atom is -0.352 e. The van der Waals surface area contributed by atoms with Crippen LogP contribution in [0.5, 0.6) is 0 Å². The van der Waals surface area contributed by atoms with Crippen molar-refractivity contribution in [2.75, 3.05) is 6.54 Å². The molecule has 0 aliphatic carbocycles. The number of aromatic nitrogens is 2. The predicted molar refractivity (Wildman–Crippen MR) is 65.8 cm³/mol. The summed E-state index contributed by atoms with van der Waals surface area (Å²) in [4.78, 5) is 18.8. The Morgan fingerprint density at radius 1 is 1.50 bits per heavy atom. The Labute approximate surface area is 104 Å². The van der Waals surface area contributed by atoms with Crippen LogP contribution in [0.25, 0.3) is 0 Å². The second kappa shape index (κ2) is 5.44. The Morgan fingerprint density at radius 3 is 3.00 bits per heavy atom. The van der Waals surface area contributed by atoms with Gasteiger partial charge in [0, 0.05) is 30.4 Å². The van der Waals surface area contributed by atoms with Gasteiger partial charge in [0.1, 0.15) is 11.6 Å². The first-order valence-electron chi connectivity index (χ1n) is 5.69. The maximum atomic E-state index is 12.9. The summed E-state index contributed by atoms with van der Waals surface area (Å²) in [5, 5.41) is 2.73. The summed E-state index contributed by atoms with van der Waals surface area (Å²) in [6, 6.07) is 5.63. The number of imidazole rings is 1. The fourth-order valence-corrected chi connectivity index (χ4v) is 1.64. The zero-order chi connectivity index (χ0) is 13.0. The zero-order valence-electron chi connectivity index (χ0n) is 10.0. The normalized spacial score (nSPS) is 10.3. The van der Waals surface area contributed by atoms with Gasteiger partial charge in [0.25, 0.3) is 5.91 Å². The highest BCUT2D eigenvalue weighted by molar-refractivity contribution is 5.94. The van der Waals surface area contributed by atoms with Gasteiger partial charge in [-0.15, -0.1) is 0 Å². The average Bonchev–Trinajstić information content (AvgIpc) is 2.75. The number of hydrogen-bond acceptors (Lipinski definition) is 2. The number of aromatic amines is 1. The molecule has 94 valence electrons. The van der Waals surface area contributed by atoms with E-state index in [1.54, 1.807) is 12.3 Å². The van der Waals surface area contributed by atoms with Crippen molar-refractivity contribution >= 4 is 5.91 Å². The molecule has 5 heteroatoms. The van der Waals surface area contributed by atoms with Crippen LogP contribution in [0.3, 0.4) is 0 Å². The summed E-state index contributed by atoms with van der Waals surface area (Å²) >= 11 is 0. The largest absolute Gasteiger partial charge is 0.352 e. The van der Waals surface area contributed by atoms with Crippen molar-refractivity contribution in [3.63, 3.8) is 0 Å². The topological polar surface area (TPSA) is 57.8 Å². The standard InChI is InChI=1S/C13H14FN3O/c1-9-16-8-12(17-9)5-6-15-13(18)10-3-2-4-11(14)7-10/h2-4,7-8H,5-6H2,1H3,(H,15,18)(H,16,17). The highest BCUT2D eigenvalue weighted by atomic mass is 19.1. The van der Waals surface area contributed by atoms with Crippen molar-refractivity contribution in [2.45, 2.75) is 13.3 Å². The molecule has 0 spiro atoms. The zero-order valence-corrected chi connectivity index (χ0v) is 10.0. The smallest absolute Gasteiger partial charge is 0.251 e. The number of amides is 1. The molecule has 0 unspecified atom stereocenters. The van der Waals surface area contributed by atoms with E-state index < -0.39 is 5.82 Å². The molecule has 1 aromatic heterocycles. The summed E-state index contributed by atoms with van der Waals surface area (Å²) < 4.78 is 12.9. The van der Waals surface area contributed by atoms with Crippen molar-refractivity contribution in [3.8, 4) is 0 Å². The van der Waals surface area contributed by atoms with Gasteiger partial charge >= 0.3 is 0 Å². The number of halogens is 1. The van der Waals surface area contributed by atoms with Crippen LogP contribution in [-0.2, 0) is 6.42 Å². The van der Waals surface area contributed by atoms with Crippen LogP contribution in [0.2, 0.25) is 0 Å². The first-order valence-corrected chi connectivity index (χ1v) is 5.69. The lowest BCUT2D eigenvalue weighted by atomic mass is 10.2. The summed E-state index contributed by atoms with van der Waals surface area (Å²) in [6.07, 6.45) is 2.41. The highest BCUT2D eigenvalue weighted by Crippen LogP contribution is 2.03. The van der Waals surface area contributed by atoms with E-state index in [9.17, 15) is 9.18 Å². The number of nitrogens with zero attached hydrogens (tertiary/aromatic N) is 1. The molecule has 2 aromatic rings. The van der Waals surface area contributed by atoms with Gasteiger partial charge in [-0.05, 0) is 25.1 Å². The van der Waals surface area contributed by atoms with Gasteiger partial charge < -0.3 is 10.3 Å². The SMILES string of the molecule is Cc1ncc(CCNC(=O)c2cccc(F)c2)[nH]1. The quantitative estimate of drug-likeness (QED) is 0.866. The second-order valence-electron chi connectivity index (χ2n) is 4.01. The number of benzene rings is 1. The molecular weight excluding hydrogens is 233 g/mol. The van der Waals surface area contributed by atoms with Gasteiger partial charge in [-0.1, -0.05) is 6.07 Å². The van der Waals surface area contributed by atoms with E-state index >= 15 is 0 Å². The Bertz CT molecular complexity index is 551. The maximum Gasteiger partial charge on any atom is 0.251 e. The molecule has 0 radical (unpaired) electrons. The summed E-state index contributed by atoms with van der Waals surface area (Å²) in [7, 11) is 0. The van der Waals surface area contributed by atoms with E-state index in [0.717, 1.165) is 11.5 Å². The Kier molecular flexibility index (Phi) is 3.72. The number of carbonyl (C=O) groups excluding carboxylic acids is 1. The van der Waals surface area contributed by atoms with E-state index in [1.165, 1.54) is 18.2 Å². The minimum absolute atomic E-state index is 0.272. The van der Waals surface area contributed by atoms with Gasteiger partial charge in [0.2, 0.25) is 0 Å². The fraction of sp³-hybridized carbons (Fsp3) is 0.231. The van der Waals surface area contributed by atoms with Crippen LogP contribution in [0.1, 0.15) is 21.9 Å². The van der Waals surface area contributed by atoms with E-state index in [1.807, 2.05) is 6.92 Å². The number of H-pyrrole nitrogens is 1. The molecule has 18 heavy (non-hydrogen) atoms. The Hall–Kier alpha value is -2.17. The van der Waals surface area contributed by atoms with E-state index in [2.05, 4.69) is 15.3 Å². The first-order chi connectivity index (χ1) is 8.65. The van der Waals surface area contributed by atoms with E-state index in [0.29, 0.717) is 18.5 Å². The van der Waals surface area contributed by atoms with Crippen LogP contribution in [0, 0.1) is 12.7 Å². The number of carbonyl (C=O) groups is 1. The summed E-state index contributed by atoms with van der Waals surface area (Å²) in [5.41, 5.74) is 1.29. The van der Waals surface area contributed by atoms with Crippen LogP contribution in [0.15, 0.2) is 30.5 Å². The van der Waals surface area contributed by atoms with Crippen LogP contribution < -0.4 is 5.32 Å². The molecular formula is C13H14FN3O. The molecule has 2 rings (SSSR count). The molecule has 0 aliphatic rings. The van der Waals surface area contributed by atoms with Gasteiger partial charge in [0.15, 0.2) is 0 Å². The summed E-state index contributed by atoms with van der Waals surface area (Å²) in [5.74, 6) is 0.166. The van der Waals surface area contributed by atoms with Gasteiger partial charge in [-0.25, -0.2) is 9.37 Å². The molecule has 0 bridgehead atoms. The molecule has 0 fully saturated rings. The molecule has 4 nitrogen and oxygen atoms in total. The third-order valence-corrected chi connectivity index (χ3v) is 2.52. The van der Waals surface area contributed by atoms with Crippen molar-refractivity contribution in [1.82, 2.24) is 15.3 Å². The molecule has 1 heterocycles. The predicted octanol–water partition coefficient (Wildman–Crippen LogP) is 1.83. The molecule has 0 saturated carbocycles. The lowest BCUT2D eigenvalue weighted by molar-refractivity contribution is 0.0953. The molecule has 0 aliphatic heterocycles. The molecule has 1 amide bonds. The van der Waals surface area contributed by atoms with Gasteiger partial charge in [-0.2, -0.15) is 0 Å². The Morgan fingerprint density at radius 2 is 2.33 bits per heavy atom. The van der Waals surface area contributed by atoms with Gasteiger partial charge in [0.05, 0.1) is 0 Å². The molecule has 2 N–H and O–H groups in total. The lowest BCUT2D eigenvalue weighted by Crippen LogP contribution is -2.25. The number of aryl methyl sites for hydroxylation is 1. The number of nitrogens with one attached hydrogen (secondary N) is 2. The lowest BCUT2D eigenvalue weighted by Gasteiger charge is -2.04. The molecule has 0 saturated heterocycles. The average molecular weight is 247 g/mol. The fourth-order valence-electron chi connectivity index (χ4n) is 1.64. The monoisotopic (exact) mass is 247 g/mol. The third-order valence-electron chi connectivity index (χ3n) is 2.52.